The van der Waals surface area contributed by atoms with Crippen LogP contribution in [0.15, 0.2) is 47.4 Å². The van der Waals surface area contributed by atoms with Gasteiger partial charge in [0.15, 0.2) is 0 Å². The van der Waals surface area contributed by atoms with Gasteiger partial charge in [-0.15, -0.1) is 0 Å². The molecule has 0 aliphatic carbocycles. The third-order valence-corrected chi connectivity index (χ3v) is 5.03. The molecule has 0 aliphatic heterocycles. The third kappa shape index (κ3) is 6.11. The highest BCUT2D eigenvalue weighted by atomic mass is 32.2. The standard InChI is InChI=1S/C17H14F6N2O3S/c1-10-5-6-12(8-14(10)17(21,22)23)25-29(27,28)13-4-2-3-11(7-13)15(26)24-9-16(18,19)20/h2-8,25H,9H2,1H3,(H,24,26). The lowest BCUT2D eigenvalue weighted by Gasteiger charge is -2.14. The van der Waals surface area contributed by atoms with Crippen LogP contribution in [0.5, 0.6) is 0 Å². The van der Waals surface area contributed by atoms with Gasteiger partial charge < -0.3 is 5.32 Å². The van der Waals surface area contributed by atoms with E-state index in [1.807, 2.05) is 4.72 Å². The maximum atomic E-state index is 13.0. The molecule has 0 heterocycles. The summed E-state index contributed by atoms with van der Waals surface area (Å²) in [5.74, 6) is -1.16. The Morgan fingerprint density at radius 1 is 1.00 bits per heavy atom. The second-order valence-electron chi connectivity index (χ2n) is 5.96. The van der Waals surface area contributed by atoms with Gasteiger partial charge in [0.25, 0.3) is 15.9 Å². The van der Waals surface area contributed by atoms with Gasteiger partial charge in [0.2, 0.25) is 0 Å². The highest BCUT2D eigenvalue weighted by molar-refractivity contribution is 7.92. The number of amides is 1. The van der Waals surface area contributed by atoms with Gasteiger partial charge >= 0.3 is 12.4 Å². The smallest absolute Gasteiger partial charge is 0.343 e. The van der Waals surface area contributed by atoms with Gasteiger partial charge in [-0.1, -0.05) is 12.1 Å². The number of aryl methyl sites for hydroxylation is 1. The van der Waals surface area contributed by atoms with Crippen molar-refractivity contribution in [2.45, 2.75) is 24.2 Å². The van der Waals surface area contributed by atoms with Crippen LogP contribution in [0.25, 0.3) is 0 Å². The molecule has 0 unspecified atom stereocenters. The number of nitrogens with one attached hydrogen (secondary N) is 2. The van der Waals surface area contributed by atoms with Crippen molar-refractivity contribution < 1.29 is 39.6 Å². The predicted molar refractivity (Wildman–Crippen MR) is 91.8 cm³/mol. The van der Waals surface area contributed by atoms with E-state index in [1.165, 1.54) is 6.92 Å². The largest absolute Gasteiger partial charge is 0.416 e. The van der Waals surface area contributed by atoms with Crippen molar-refractivity contribution in [1.82, 2.24) is 5.32 Å². The molecule has 2 rings (SSSR count). The number of carbonyl (C=O) groups excluding carboxylic acids is 1. The van der Waals surface area contributed by atoms with Crippen LogP contribution in [0, 0.1) is 6.92 Å². The van der Waals surface area contributed by atoms with Crippen LogP contribution in [0.3, 0.4) is 0 Å². The Morgan fingerprint density at radius 3 is 2.24 bits per heavy atom. The van der Waals surface area contributed by atoms with Crippen LogP contribution in [-0.4, -0.2) is 27.0 Å². The van der Waals surface area contributed by atoms with Gasteiger partial charge in [-0.2, -0.15) is 26.3 Å². The molecule has 29 heavy (non-hydrogen) atoms. The predicted octanol–water partition coefficient (Wildman–Crippen LogP) is 4.11. The minimum absolute atomic E-state index is 0.108. The minimum atomic E-state index is -4.69. The van der Waals surface area contributed by atoms with Crippen molar-refractivity contribution in [3.05, 3.63) is 59.2 Å². The number of anilines is 1. The zero-order valence-corrected chi connectivity index (χ0v) is 15.5. The first-order valence-corrected chi connectivity index (χ1v) is 9.33. The van der Waals surface area contributed by atoms with Crippen molar-refractivity contribution in [3.63, 3.8) is 0 Å². The van der Waals surface area contributed by atoms with E-state index in [4.69, 9.17) is 0 Å². The van der Waals surface area contributed by atoms with Crippen molar-refractivity contribution in [3.8, 4) is 0 Å². The molecule has 12 heteroatoms. The summed E-state index contributed by atoms with van der Waals surface area (Å²) >= 11 is 0. The van der Waals surface area contributed by atoms with E-state index in [0.717, 1.165) is 36.4 Å². The zero-order chi connectivity index (χ0) is 22.0. The Hall–Kier alpha value is -2.76. The van der Waals surface area contributed by atoms with Crippen molar-refractivity contribution >= 4 is 21.6 Å². The zero-order valence-electron chi connectivity index (χ0n) is 14.6. The Balaban J connectivity index is 2.28. The molecule has 0 aliphatic rings. The van der Waals surface area contributed by atoms with Crippen molar-refractivity contribution in [2.75, 3.05) is 11.3 Å². The fraction of sp³-hybridized carbons (Fsp3) is 0.235. The lowest BCUT2D eigenvalue weighted by molar-refractivity contribution is -0.138. The molecule has 5 nitrogen and oxygen atoms in total. The lowest BCUT2D eigenvalue weighted by atomic mass is 10.1. The first-order valence-electron chi connectivity index (χ1n) is 7.85. The second-order valence-corrected chi connectivity index (χ2v) is 7.64. The summed E-state index contributed by atoms with van der Waals surface area (Å²) in [7, 11) is -4.41. The van der Waals surface area contributed by atoms with Gasteiger partial charge in [-0.3, -0.25) is 9.52 Å². The summed E-state index contributed by atoms with van der Waals surface area (Å²) in [6.45, 7) is -0.394. The van der Waals surface area contributed by atoms with Crippen LogP contribution in [-0.2, 0) is 16.2 Å². The van der Waals surface area contributed by atoms with E-state index < -0.39 is 45.3 Å². The van der Waals surface area contributed by atoms with Crippen molar-refractivity contribution in [1.29, 1.82) is 0 Å². The Kier molecular flexibility index (Phi) is 6.16. The monoisotopic (exact) mass is 440 g/mol. The number of halogens is 6. The molecule has 0 atom stereocenters. The molecule has 0 saturated carbocycles. The molecule has 0 fully saturated rings. The number of carbonyl (C=O) groups is 1. The number of alkyl halides is 6. The molecule has 0 bridgehead atoms. The normalized spacial score (nSPS) is 12.5. The molecular weight excluding hydrogens is 426 g/mol. The fourth-order valence-electron chi connectivity index (χ4n) is 2.29. The van der Waals surface area contributed by atoms with Crippen LogP contribution in [0.4, 0.5) is 32.0 Å². The summed E-state index contributed by atoms with van der Waals surface area (Å²) < 4.78 is 102. The van der Waals surface area contributed by atoms with Crippen LogP contribution in [0.2, 0.25) is 0 Å². The molecule has 0 saturated heterocycles. The molecule has 2 aromatic carbocycles. The first-order chi connectivity index (χ1) is 13.2. The van der Waals surface area contributed by atoms with E-state index in [0.29, 0.717) is 6.07 Å². The Morgan fingerprint density at radius 2 is 1.66 bits per heavy atom. The quantitative estimate of drug-likeness (QED) is 0.688. The fourth-order valence-corrected chi connectivity index (χ4v) is 3.39. The van der Waals surface area contributed by atoms with Crippen molar-refractivity contribution in [2.24, 2.45) is 0 Å². The summed E-state index contributed by atoms with van der Waals surface area (Å²) in [5.41, 5.74) is -1.87. The SMILES string of the molecule is Cc1ccc(NS(=O)(=O)c2cccc(C(=O)NCC(F)(F)F)c2)cc1C(F)(F)F. The lowest BCUT2D eigenvalue weighted by Crippen LogP contribution is -2.33. The van der Waals surface area contributed by atoms with Gasteiger partial charge in [-0.05, 0) is 42.8 Å². The topological polar surface area (TPSA) is 75.3 Å². The van der Waals surface area contributed by atoms with E-state index in [2.05, 4.69) is 0 Å². The summed E-state index contributed by atoms with van der Waals surface area (Å²) in [4.78, 5) is 11.3. The number of sulfonamides is 1. The molecule has 2 N–H and O–H groups in total. The summed E-state index contributed by atoms with van der Waals surface area (Å²) in [6, 6.07) is 6.90. The summed E-state index contributed by atoms with van der Waals surface area (Å²) in [5, 5.41) is 1.59. The van der Waals surface area contributed by atoms with Crippen LogP contribution >= 0.6 is 0 Å². The minimum Gasteiger partial charge on any atom is -0.343 e. The first kappa shape index (κ1) is 22.5. The number of hydrogen-bond donors (Lipinski definition) is 2. The average molecular weight is 440 g/mol. The number of hydrogen-bond acceptors (Lipinski definition) is 3. The van der Waals surface area contributed by atoms with Gasteiger partial charge in [-0.25, -0.2) is 8.42 Å². The van der Waals surface area contributed by atoms with Gasteiger partial charge in [0.05, 0.1) is 10.5 Å². The molecule has 0 radical (unpaired) electrons. The molecule has 0 spiro atoms. The number of rotatable bonds is 5. The average Bonchev–Trinajstić information content (AvgIpc) is 2.59. The second kappa shape index (κ2) is 7.93. The highest BCUT2D eigenvalue weighted by Gasteiger charge is 2.33. The highest BCUT2D eigenvalue weighted by Crippen LogP contribution is 2.34. The molecule has 2 aromatic rings. The molecule has 0 aromatic heterocycles. The maximum Gasteiger partial charge on any atom is 0.416 e. The Bertz CT molecular complexity index is 1020. The number of benzene rings is 2. The maximum absolute atomic E-state index is 13.0. The van der Waals surface area contributed by atoms with E-state index >= 15 is 0 Å². The van der Waals surface area contributed by atoms with E-state index in [1.54, 1.807) is 5.32 Å². The van der Waals surface area contributed by atoms with Gasteiger partial charge in [0.1, 0.15) is 6.54 Å². The molecular formula is C17H14F6N2O3S. The van der Waals surface area contributed by atoms with E-state index in [-0.39, 0.29) is 16.8 Å². The molecule has 158 valence electrons. The summed E-state index contributed by atoms with van der Waals surface area (Å²) in [6.07, 6.45) is -9.34. The third-order valence-electron chi connectivity index (χ3n) is 3.65. The Labute approximate surface area is 161 Å². The van der Waals surface area contributed by atoms with Crippen LogP contribution in [0.1, 0.15) is 21.5 Å². The van der Waals surface area contributed by atoms with E-state index in [9.17, 15) is 39.6 Å². The molecule has 1 amide bonds. The van der Waals surface area contributed by atoms with Crippen LogP contribution < -0.4 is 10.0 Å². The van der Waals surface area contributed by atoms with Gasteiger partial charge in [0, 0.05) is 11.3 Å².